The van der Waals surface area contributed by atoms with Gasteiger partial charge in [0.15, 0.2) is 0 Å². The minimum Gasteiger partial charge on any atom is -0.370 e. The molecule has 0 fully saturated rings. The summed E-state index contributed by atoms with van der Waals surface area (Å²) in [6.45, 7) is 4.50. The van der Waals surface area contributed by atoms with E-state index in [4.69, 9.17) is 5.73 Å². The van der Waals surface area contributed by atoms with E-state index in [-0.39, 0.29) is 34.3 Å². The van der Waals surface area contributed by atoms with Gasteiger partial charge in [0.1, 0.15) is 0 Å². The molecule has 0 rings (SSSR count). The standard InChI is InChI=1S/C6H14N2O2.Ag/c1-5(2)6(9)10-8-4-3-7;/h5,8H,3-4,7H2,1-2H3;. The van der Waals surface area contributed by atoms with Gasteiger partial charge in [0.2, 0.25) is 0 Å². The van der Waals surface area contributed by atoms with Crippen molar-refractivity contribution in [2.24, 2.45) is 11.7 Å². The topological polar surface area (TPSA) is 64.3 Å². The zero-order chi connectivity index (χ0) is 7.98. The van der Waals surface area contributed by atoms with Crippen molar-refractivity contribution in [2.45, 2.75) is 13.8 Å². The summed E-state index contributed by atoms with van der Waals surface area (Å²) >= 11 is 0. The first-order valence-corrected chi connectivity index (χ1v) is 3.32. The van der Waals surface area contributed by atoms with Gasteiger partial charge in [-0.3, -0.25) is 4.79 Å². The minimum absolute atomic E-state index is 0. The molecule has 0 unspecified atom stereocenters. The average Bonchev–Trinajstić information content (AvgIpc) is 1.88. The van der Waals surface area contributed by atoms with Crippen LogP contribution in [0.2, 0.25) is 0 Å². The van der Waals surface area contributed by atoms with Crippen molar-refractivity contribution in [2.75, 3.05) is 13.1 Å². The number of hydrogen-bond donors (Lipinski definition) is 2. The van der Waals surface area contributed by atoms with Gasteiger partial charge in [-0.25, -0.2) is 0 Å². The predicted molar refractivity (Wildman–Crippen MR) is 38.0 cm³/mol. The predicted octanol–water partition coefficient (Wildman–Crippen LogP) is -0.354. The second-order valence-electron chi connectivity index (χ2n) is 2.26. The maximum Gasteiger partial charge on any atom is 0.327 e. The van der Waals surface area contributed by atoms with E-state index in [9.17, 15) is 4.79 Å². The molecule has 11 heavy (non-hydrogen) atoms. The smallest absolute Gasteiger partial charge is 0.327 e. The Labute approximate surface area is 82.3 Å². The molecule has 0 aliphatic rings. The van der Waals surface area contributed by atoms with Gasteiger partial charge in [0, 0.05) is 35.5 Å². The Hall–Kier alpha value is 0.130. The van der Waals surface area contributed by atoms with Crippen LogP contribution in [-0.2, 0) is 32.0 Å². The summed E-state index contributed by atoms with van der Waals surface area (Å²) in [7, 11) is 0. The zero-order valence-corrected chi connectivity index (χ0v) is 8.17. The van der Waals surface area contributed by atoms with Crippen LogP contribution < -0.4 is 11.2 Å². The molecule has 3 N–H and O–H groups in total. The molecule has 4 nitrogen and oxygen atoms in total. The van der Waals surface area contributed by atoms with Crippen LogP contribution >= 0.6 is 0 Å². The van der Waals surface area contributed by atoms with Crippen molar-refractivity contribution in [3.63, 3.8) is 0 Å². The number of rotatable bonds is 4. The first-order valence-electron chi connectivity index (χ1n) is 3.32. The molecule has 0 amide bonds. The molecule has 1 radical (unpaired) electrons. The van der Waals surface area contributed by atoms with Crippen LogP contribution in [0.15, 0.2) is 0 Å². The van der Waals surface area contributed by atoms with Gasteiger partial charge in [-0.2, -0.15) is 5.48 Å². The average molecular weight is 254 g/mol. The van der Waals surface area contributed by atoms with Gasteiger partial charge in [-0.1, -0.05) is 13.8 Å². The summed E-state index contributed by atoms with van der Waals surface area (Å²) in [5.74, 6) is -0.348. The third kappa shape index (κ3) is 8.03. The summed E-state index contributed by atoms with van der Waals surface area (Å²) in [4.78, 5) is 15.3. The molecule has 5 heteroatoms. The van der Waals surface area contributed by atoms with E-state index in [1.165, 1.54) is 0 Å². The van der Waals surface area contributed by atoms with Gasteiger partial charge in [-0.15, -0.1) is 0 Å². The number of carbonyl (C=O) groups is 1. The fourth-order valence-corrected chi connectivity index (χ4v) is 0.299. The first-order chi connectivity index (χ1) is 4.68. The van der Waals surface area contributed by atoms with Crippen LogP contribution in [0, 0.1) is 5.92 Å². The molecule has 0 spiro atoms. The van der Waals surface area contributed by atoms with E-state index in [2.05, 4.69) is 10.3 Å². The maximum atomic E-state index is 10.7. The van der Waals surface area contributed by atoms with E-state index in [1.807, 2.05) is 0 Å². The molecule has 0 aromatic carbocycles. The van der Waals surface area contributed by atoms with Crippen LogP contribution in [0.1, 0.15) is 13.8 Å². The second-order valence-corrected chi connectivity index (χ2v) is 2.26. The van der Waals surface area contributed by atoms with Gasteiger partial charge < -0.3 is 10.6 Å². The summed E-state index contributed by atoms with van der Waals surface area (Å²) in [6.07, 6.45) is 0. The van der Waals surface area contributed by atoms with E-state index < -0.39 is 0 Å². The molecule has 71 valence electrons. The number of nitrogens with two attached hydrogens (primary N) is 1. The molecule has 0 saturated heterocycles. The van der Waals surface area contributed by atoms with Gasteiger partial charge in [0.25, 0.3) is 0 Å². The molecule has 0 bridgehead atoms. The van der Waals surface area contributed by atoms with Gasteiger partial charge in [-0.05, 0) is 0 Å². The van der Waals surface area contributed by atoms with Crippen molar-refractivity contribution in [1.82, 2.24) is 5.48 Å². The molecule has 0 aliphatic heterocycles. The van der Waals surface area contributed by atoms with Gasteiger partial charge >= 0.3 is 5.97 Å². The van der Waals surface area contributed by atoms with Crippen LogP contribution in [0.3, 0.4) is 0 Å². The van der Waals surface area contributed by atoms with Crippen molar-refractivity contribution >= 4 is 5.97 Å². The monoisotopic (exact) mass is 253 g/mol. The molecule has 0 saturated carbocycles. The van der Waals surface area contributed by atoms with E-state index >= 15 is 0 Å². The SMILES string of the molecule is CC(C)C(=O)ONCCN.[Ag]. The molecular weight excluding hydrogens is 240 g/mol. The molecule has 0 aliphatic carbocycles. The number of carbonyl (C=O) groups excluding carboxylic acids is 1. The molecule has 0 heterocycles. The zero-order valence-electron chi connectivity index (χ0n) is 6.69. The van der Waals surface area contributed by atoms with Crippen molar-refractivity contribution in [3.8, 4) is 0 Å². The molecule has 0 aromatic heterocycles. The Morgan fingerprint density at radius 3 is 2.55 bits per heavy atom. The van der Waals surface area contributed by atoms with Crippen molar-refractivity contribution in [3.05, 3.63) is 0 Å². The van der Waals surface area contributed by atoms with E-state index in [1.54, 1.807) is 13.8 Å². The van der Waals surface area contributed by atoms with Crippen molar-refractivity contribution < 1.29 is 32.0 Å². The van der Waals surface area contributed by atoms with E-state index in [0.717, 1.165) is 0 Å². The van der Waals surface area contributed by atoms with Crippen LogP contribution in [0.25, 0.3) is 0 Å². The fourth-order valence-electron chi connectivity index (χ4n) is 0.299. The Kier molecular flexibility index (Phi) is 10.3. The summed E-state index contributed by atoms with van der Waals surface area (Å²) < 4.78 is 0. The maximum absolute atomic E-state index is 10.7. The number of hydroxylamine groups is 1. The minimum atomic E-state index is -0.256. The molecule has 0 atom stereocenters. The Balaban J connectivity index is 0. The Bertz CT molecular complexity index is 109. The Morgan fingerprint density at radius 2 is 2.18 bits per heavy atom. The quantitative estimate of drug-likeness (QED) is 0.409. The van der Waals surface area contributed by atoms with Crippen molar-refractivity contribution in [1.29, 1.82) is 0 Å². The number of hydrogen-bond acceptors (Lipinski definition) is 4. The van der Waals surface area contributed by atoms with Crippen LogP contribution in [-0.4, -0.2) is 19.1 Å². The summed E-state index contributed by atoms with van der Waals surface area (Å²) in [5.41, 5.74) is 7.58. The third-order valence-corrected chi connectivity index (χ3v) is 0.891. The molecular formula is C6H14AgN2O2. The number of nitrogens with one attached hydrogen (secondary N) is 1. The second kappa shape index (κ2) is 8.23. The Morgan fingerprint density at radius 1 is 1.64 bits per heavy atom. The normalized spacial score (nSPS) is 9.09. The first kappa shape index (κ1) is 13.7. The largest absolute Gasteiger partial charge is 0.370 e. The summed E-state index contributed by atoms with van der Waals surface area (Å²) in [5, 5.41) is 0. The van der Waals surface area contributed by atoms with E-state index in [0.29, 0.717) is 13.1 Å². The van der Waals surface area contributed by atoms with Crippen LogP contribution in [0.5, 0.6) is 0 Å². The third-order valence-electron chi connectivity index (χ3n) is 0.891. The summed E-state index contributed by atoms with van der Waals surface area (Å²) in [6, 6.07) is 0. The van der Waals surface area contributed by atoms with Gasteiger partial charge in [0.05, 0.1) is 5.92 Å². The molecule has 0 aromatic rings. The van der Waals surface area contributed by atoms with Crippen LogP contribution in [0.4, 0.5) is 0 Å². The fraction of sp³-hybridized carbons (Fsp3) is 0.833.